The monoisotopic (exact) mass is 301 g/mol. The fraction of sp³-hybridized carbons (Fsp3) is 0.188. The second-order valence-corrected chi connectivity index (χ2v) is 6.07. The van der Waals surface area contributed by atoms with Gasteiger partial charge in [-0.2, -0.15) is 12.6 Å². The Morgan fingerprint density at radius 2 is 1.95 bits per heavy atom. The molecular formula is C16H15NOS2. The van der Waals surface area contributed by atoms with Crippen LogP contribution in [-0.4, -0.2) is 10.3 Å². The summed E-state index contributed by atoms with van der Waals surface area (Å²) in [7, 11) is 0. The minimum Gasteiger partial charge on any atom is -0.314 e. The molecular weight excluding hydrogens is 286 g/mol. The van der Waals surface area contributed by atoms with Crippen LogP contribution in [0.3, 0.4) is 0 Å². The molecule has 2 nitrogen and oxygen atoms in total. The molecule has 1 aromatic carbocycles. The normalized spacial score (nSPS) is 12.7. The molecule has 2 aromatic heterocycles. The van der Waals surface area contributed by atoms with Gasteiger partial charge in [0.05, 0.1) is 5.39 Å². The molecule has 0 spiro atoms. The molecule has 0 saturated carbocycles. The predicted octanol–water partition coefficient (Wildman–Crippen LogP) is 3.78. The standard InChI is InChI=1S/C16H15NOS2/c18-16-14-7-9-20-15(14)6-8-17(16)10-13(11-19)12-4-2-1-3-5-12/h1-9,13,19H,10-11H2. The van der Waals surface area contributed by atoms with E-state index in [4.69, 9.17) is 0 Å². The van der Waals surface area contributed by atoms with E-state index in [1.54, 1.807) is 15.9 Å². The van der Waals surface area contributed by atoms with Gasteiger partial charge in [-0.3, -0.25) is 4.79 Å². The van der Waals surface area contributed by atoms with Crippen LogP contribution in [0.15, 0.2) is 58.8 Å². The molecule has 20 heavy (non-hydrogen) atoms. The van der Waals surface area contributed by atoms with Crippen molar-refractivity contribution >= 4 is 34.1 Å². The Kier molecular flexibility index (Phi) is 3.94. The highest BCUT2D eigenvalue weighted by atomic mass is 32.1. The summed E-state index contributed by atoms with van der Waals surface area (Å²) in [4.78, 5) is 12.4. The molecule has 3 aromatic rings. The van der Waals surface area contributed by atoms with Gasteiger partial charge in [0.25, 0.3) is 5.56 Å². The van der Waals surface area contributed by atoms with Gasteiger partial charge in [-0.25, -0.2) is 0 Å². The first-order valence-corrected chi connectivity index (χ1v) is 8.03. The third kappa shape index (κ3) is 2.53. The van der Waals surface area contributed by atoms with Gasteiger partial charge < -0.3 is 4.57 Å². The minimum absolute atomic E-state index is 0.0893. The molecule has 3 rings (SSSR count). The van der Waals surface area contributed by atoms with Crippen LogP contribution < -0.4 is 5.56 Å². The second kappa shape index (κ2) is 5.85. The number of aromatic nitrogens is 1. The van der Waals surface area contributed by atoms with Gasteiger partial charge in [-0.1, -0.05) is 30.3 Å². The van der Waals surface area contributed by atoms with Crippen molar-refractivity contribution in [2.24, 2.45) is 0 Å². The maximum absolute atomic E-state index is 12.4. The van der Waals surface area contributed by atoms with E-state index in [9.17, 15) is 4.79 Å². The Balaban J connectivity index is 1.95. The van der Waals surface area contributed by atoms with Crippen LogP contribution in [0, 0.1) is 0 Å². The van der Waals surface area contributed by atoms with Crippen LogP contribution in [0.2, 0.25) is 0 Å². The molecule has 0 fully saturated rings. The molecule has 0 bridgehead atoms. The minimum atomic E-state index is 0.0893. The lowest BCUT2D eigenvalue weighted by Gasteiger charge is -2.16. The van der Waals surface area contributed by atoms with E-state index < -0.39 is 0 Å². The van der Waals surface area contributed by atoms with Crippen molar-refractivity contribution in [2.75, 3.05) is 5.75 Å². The third-order valence-electron chi connectivity index (χ3n) is 3.50. The number of thiophene rings is 1. The Bertz CT molecular complexity index is 761. The summed E-state index contributed by atoms with van der Waals surface area (Å²) in [5, 5.41) is 2.77. The van der Waals surface area contributed by atoms with Crippen molar-refractivity contribution in [3.63, 3.8) is 0 Å². The van der Waals surface area contributed by atoms with E-state index in [1.807, 2.05) is 41.9 Å². The molecule has 0 radical (unpaired) electrons. The highest BCUT2D eigenvalue weighted by molar-refractivity contribution is 7.80. The maximum Gasteiger partial charge on any atom is 0.259 e. The molecule has 0 amide bonds. The topological polar surface area (TPSA) is 22.0 Å². The largest absolute Gasteiger partial charge is 0.314 e. The molecule has 0 aliphatic carbocycles. The van der Waals surface area contributed by atoms with Gasteiger partial charge in [0.15, 0.2) is 0 Å². The molecule has 0 aliphatic rings. The highest BCUT2D eigenvalue weighted by Crippen LogP contribution is 2.20. The van der Waals surface area contributed by atoms with Crippen LogP contribution in [-0.2, 0) is 6.54 Å². The zero-order chi connectivity index (χ0) is 13.9. The van der Waals surface area contributed by atoms with Gasteiger partial charge in [0.2, 0.25) is 0 Å². The van der Waals surface area contributed by atoms with Gasteiger partial charge in [0.1, 0.15) is 0 Å². The third-order valence-corrected chi connectivity index (χ3v) is 4.82. The summed E-state index contributed by atoms with van der Waals surface area (Å²) in [6, 6.07) is 14.2. The van der Waals surface area contributed by atoms with Crippen LogP contribution >= 0.6 is 24.0 Å². The smallest absolute Gasteiger partial charge is 0.259 e. The van der Waals surface area contributed by atoms with Crippen molar-refractivity contribution in [1.29, 1.82) is 0 Å². The van der Waals surface area contributed by atoms with Crippen molar-refractivity contribution in [2.45, 2.75) is 12.5 Å². The molecule has 0 N–H and O–H groups in total. The number of pyridine rings is 1. The quantitative estimate of drug-likeness (QED) is 0.728. The van der Waals surface area contributed by atoms with Crippen LogP contribution in [0.4, 0.5) is 0 Å². The lowest BCUT2D eigenvalue weighted by atomic mass is 10.0. The molecule has 0 saturated heterocycles. The highest BCUT2D eigenvalue weighted by Gasteiger charge is 2.12. The molecule has 2 heterocycles. The van der Waals surface area contributed by atoms with Crippen molar-refractivity contribution < 1.29 is 0 Å². The average Bonchev–Trinajstić information content (AvgIpc) is 2.97. The average molecular weight is 301 g/mol. The Labute approximate surface area is 127 Å². The first-order valence-electron chi connectivity index (χ1n) is 6.52. The van der Waals surface area contributed by atoms with E-state index in [1.165, 1.54) is 5.56 Å². The summed E-state index contributed by atoms with van der Waals surface area (Å²) in [6.07, 6.45) is 1.89. The van der Waals surface area contributed by atoms with Crippen LogP contribution in [0.25, 0.3) is 10.1 Å². The fourth-order valence-electron chi connectivity index (χ4n) is 2.38. The summed E-state index contributed by atoms with van der Waals surface area (Å²) < 4.78 is 2.84. The van der Waals surface area contributed by atoms with Gasteiger partial charge >= 0.3 is 0 Å². The Hall–Kier alpha value is -1.52. The van der Waals surface area contributed by atoms with E-state index in [0.29, 0.717) is 6.54 Å². The number of hydrogen-bond acceptors (Lipinski definition) is 3. The van der Waals surface area contributed by atoms with E-state index in [-0.39, 0.29) is 11.5 Å². The predicted molar refractivity (Wildman–Crippen MR) is 89.1 cm³/mol. The van der Waals surface area contributed by atoms with Gasteiger partial charge in [0, 0.05) is 23.4 Å². The zero-order valence-corrected chi connectivity index (χ0v) is 12.6. The zero-order valence-electron chi connectivity index (χ0n) is 10.9. The summed E-state index contributed by atoms with van der Waals surface area (Å²) in [6.45, 7) is 0.665. The maximum atomic E-state index is 12.4. The van der Waals surface area contributed by atoms with E-state index in [2.05, 4.69) is 24.8 Å². The van der Waals surface area contributed by atoms with E-state index in [0.717, 1.165) is 15.8 Å². The molecule has 0 aliphatic heterocycles. The molecule has 102 valence electrons. The van der Waals surface area contributed by atoms with Crippen molar-refractivity contribution in [3.05, 3.63) is 70.0 Å². The summed E-state index contributed by atoms with van der Waals surface area (Å²) >= 11 is 6.04. The van der Waals surface area contributed by atoms with Crippen molar-refractivity contribution in [3.8, 4) is 0 Å². The van der Waals surface area contributed by atoms with Crippen molar-refractivity contribution in [1.82, 2.24) is 4.57 Å². The lowest BCUT2D eigenvalue weighted by Crippen LogP contribution is -2.23. The summed E-state index contributed by atoms with van der Waals surface area (Å²) in [5.41, 5.74) is 1.31. The second-order valence-electron chi connectivity index (χ2n) is 4.76. The number of nitrogens with zero attached hydrogens (tertiary/aromatic N) is 1. The van der Waals surface area contributed by atoms with E-state index >= 15 is 0 Å². The lowest BCUT2D eigenvalue weighted by molar-refractivity contribution is 0.591. The number of thiol groups is 1. The fourth-order valence-corrected chi connectivity index (χ4v) is 3.48. The first-order chi connectivity index (χ1) is 9.79. The summed E-state index contributed by atoms with van der Waals surface area (Å²) in [5.74, 6) is 0.964. The van der Waals surface area contributed by atoms with Crippen LogP contribution in [0.5, 0.6) is 0 Å². The Morgan fingerprint density at radius 3 is 2.70 bits per heavy atom. The molecule has 4 heteroatoms. The van der Waals surface area contributed by atoms with Crippen LogP contribution in [0.1, 0.15) is 11.5 Å². The molecule has 1 atom stereocenters. The van der Waals surface area contributed by atoms with Gasteiger partial charge in [-0.15, -0.1) is 11.3 Å². The number of benzene rings is 1. The SMILES string of the molecule is O=c1c2ccsc2ccn1CC(CS)c1ccccc1. The Morgan fingerprint density at radius 1 is 1.15 bits per heavy atom. The first kappa shape index (κ1) is 13.5. The number of hydrogen-bond donors (Lipinski definition) is 1. The number of rotatable bonds is 4. The molecule has 1 unspecified atom stereocenters. The van der Waals surface area contributed by atoms with Gasteiger partial charge in [-0.05, 0) is 28.8 Å². The number of fused-ring (bicyclic) bond motifs is 1.